The highest BCUT2D eigenvalue weighted by molar-refractivity contribution is 5.73. The Labute approximate surface area is 117 Å². The molecule has 0 unspecified atom stereocenters. The Morgan fingerprint density at radius 3 is 1.68 bits per heavy atom. The number of hydroxylamine groups is 2. The molecule has 0 bridgehead atoms. The first-order chi connectivity index (χ1) is 8.89. The molecular formula is C15H29N2O2. The fourth-order valence-electron chi connectivity index (χ4n) is 3.70. The Kier molecular flexibility index (Phi) is 5.39. The number of nitrogens with one attached hydrogen (secondary N) is 1. The van der Waals surface area contributed by atoms with Crippen LogP contribution in [0.4, 0.5) is 0 Å². The summed E-state index contributed by atoms with van der Waals surface area (Å²) in [4.78, 5) is 11.4. The summed E-state index contributed by atoms with van der Waals surface area (Å²) in [7, 11) is 0. The Morgan fingerprint density at radius 1 is 1.05 bits per heavy atom. The van der Waals surface area contributed by atoms with Gasteiger partial charge in [0.2, 0.25) is 5.91 Å². The van der Waals surface area contributed by atoms with E-state index >= 15 is 0 Å². The lowest BCUT2D eigenvalue weighted by atomic mass is 9.71. The second-order valence-electron chi connectivity index (χ2n) is 5.96. The van der Waals surface area contributed by atoms with Crippen LogP contribution in [0.5, 0.6) is 0 Å². The normalized spacial score (nSPS) is 23.3. The maximum Gasteiger partial charge on any atom is 0.217 e. The third kappa shape index (κ3) is 2.95. The molecule has 0 aromatic rings. The van der Waals surface area contributed by atoms with Crippen molar-refractivity contribution in [1.29, 1.82) is 0 Å². The number of rotatable bonds is 5. The van der Waals surface area contributed by atoms with Crippen molar-refractivity contribution in [2.45, 2.75) is 90.3 Å². The second-order valence-corrected chi connectivity index (χ2v) is 5.96. The lowest BCUT2D eigenvalue weighted by Crippen LogP contribution is -2.66. The van der Waals surface area contributed by atoms with Gasteiger partial charge in [-0.1, -0.05) is 27.7 Å². The number of piperidine rings is 1. The van der Waals surface area contributed by atoms with Gasteiger partial charge in [-0.3, -0.25) is 4.79 Å². The van der Waals surface area contributed by atoms with Crippen LogP contribution < -0.4 is 5.32 Å². The molecule has 1 amide bonds. The molecule has 0 saturated carbocycles. The van der Waals surface area contributed by atoms with Gasteiger partial charge in [0.1, 0.15) is 0 Å². The van der Waals surface area contributed by atoms with E-state index in [-0.39, 0.29) is 23.0 Å². The maximum absolute atomic E-state index is 12.9. The van der Waals surface area contributed by atoms with Crippen molar-refractivity contribution in [1.82, 2.24) is 10.4 Å². The maximum atomic E-state index is 12.9. The molecule has 1 aliphatic rings. The van der Waals surface area contributed by atoms with Crippen LogP contribution in [0.25, 0.3) is 0 Å². The SMILES string of the molecule is CCC1(CC)CC(NC(C)=O)CC(CC)(CC)N1[O]. The van der Waals surface area contributed by atoms with Gasteiger partial charge in [0.05, 0.1) is 11.1 Å². The molecule has 0 aromatic carbocycles. The quantitative estimate of drug-likeness (QED) is 0.834. The first kappa shape index (κ1) is 16.4. The zero-order valence-corrected chi connectivity index (χ0v) is 13.1. The molecule has 1 fully saturated rings. The highest BCUT2D eigenvalue weighted by Crippen LogP contribution is 2.44. The van der Waals surface area contributed by atoms with Gasteiger partial charge in [-0.05, 0) is 38.5 Å². The minimum atomic E-state index is -0.322. The van der Waals surface area contributed by atoms with Gasteiger partial charge in [0, 0.05) is 13.0 Å². The Morgan fingerprint density at radius 2 is 1.42 bits per heavy atom. The molecule has 111 valence electrons. The second kappa shape index (κ2) is 6.23. The molecule has 4 heteroatoms. The molecule has 1 heterocycles. The van der Waals surface area contributed by atoms with E-state index in [1.165, 1.54) is 5.06 Å². The Hall–Kier alpha value is -0.610. The van der Waals surface area contributed by atoms with E-state index in [0.717, 1.165) is 38.5 Å². The van der Waals surface area contributed by atoms with Crippen molar-refractivity contribution < 1.29 is 10.0 Å². The van der Waals surface area contributed by atoms with E-state index in [4.69, 9.17) is 0 Å². The first-order valence-corrected chi connectivity index (χ1v) is 7.64. The van der Waals surface area contributed by atoms with Gasteiger partial charge >= 0.3 is 0 Å². The zero-order chi connectivity index (χ0) is 14.7. The van der Waals surface area contributed by atoms with Gasteiger partial charge in [0.25, 0.3) is 0 Å². The molecule has 1 radical (unpaired) electrons. The van der Waals surface area contributed by atoms with Gasteiger partial charge in [-0.15, -0.1) is 10.3 Å². The monoisotopic (exact) mass is 269 g/mol. The van der Waals surface area contributed by atoms with Gasteiger partial charge in [-0.2, -0.15) is 0 Å². The Bertz CT molecular complexity index is 287. The van der Waals surface area contributed by atoms with Crippen molar-refractivity contribution in [3.63, 3.8) is 0 Å². The molecule has 4 nitrogen and oxygen atoms in total. The average Bonchev–Trinajstić information content (AvgIpc) is 2.40. The van der Waals surface area contributed by atoms with Crippen LogP contribution in [-0.4, -0.2) is 28.1 Å². The van der Waals surface area contributed by atoms with E-state index in [1.807, 2.05) is 0 Å². The fourth-order valence-corrected chi connectivity index (χ4v) is 3.70. The fraction of sp³-hybridized carbons (Fsp3) is 0.933. The van der Waals surface area contributed by atoms with Gasteiger partial charge in [-0.25, -0.2) is 0 Å². The zero-order valence-electron chi connectivity index (χ0n) is 13.1. The number of amides is 1. The smallest absolute Gasteiger partial charge is 0.217 e. The third-order valence-electron chi connectivity index (χ3n) is 5.15. The summed E-state index contributed by atoms with van der Waals surface area (Å²) in [5.41, 5.74) is -0.644. The summed E-state index contributed by atoms with van der Waals surface area (Å²) in [6, 6.07) is 0.127. The summed E-state index contributed by atoms with van der Waals surface area (Å²) >= 11 is 0. The summed E-state index contributed by atoms with van der Waals surface area (Å²) < 4.78 is 0. The van der Waals surface area contributed by atoms with Crippen LogP contribution >= 0.6 is 0 Å². The molecule has 1 N–H and O–H groups in total. The minimum Gasteiger partial charge on any atom is -0.353 e. The molecule has 19 heavy (non-hydrogen) atoms. The predicted octanol–water partition coefficient (Wildman–Crippen LogP) is 3.05. The van der Waals surface area contributed by atoms with E-state index in [9.17, 15) is 10.0 Å². The van der Waals surface area contributed by atoms with Gasteiger partial charge < -0.3 is 5.32 Å². The van der Waals surface area contributed by atoms with Crippen LogP contribution in [-0.2, 0) is 10.0 Å². The molecular weight excluding hydrogens is 240 g/mol. The molecule has 1 saturated heterocycles. The van der Waals surface area contributed by atoms with E-state index in [1.54, 1.807) is 6.92 Å². The van der Waals surface area contributed by atoms with Crippen molar-refractivity contribution in [2.24, 2.45) is 0 Å². The molecule has 0 atom stereocenters. The third-order valence-corrected chi connectivity index (χ3v) is 5.15. The summed E-state index contributed by atoms with van der Waals surface area (Å²) in [6.07, 6.45) is 4.89. The topological polar surface area (TPSA) is 52.2 Å². The number of nitrogens with zero attached hydrogens (tertiary/aromatic N) is 1. The van der Waals surface area contributed by atoms with E-state index in [0.29, 0.717) is 0 Å². The first-order valence-electron chi connectivity index (χ1n) is 7.64. The van der Waals surface area contributed by atoms with Crippen LogP contribution in [0, 0.1) is 0 Å². The van der Waals surface area contributed by atoms with Gasteiger partial charge in [0.15, 0.2) is 0 Å². The van der Waals surface area contributed by atoms with Crippen LogP contribution in [0.2, 0.25) is 0 Å². The predicted molar refractivity (Wildman–Crippen MR) is 76.0 cm³/mol. The van der Waals surface area contributed by atoms with Crippen LogP contribution in [0.15, 0.2) is 0 Å². The highest BCUT2D eigenvalue weighted by Gasteiger charge is 2.52. The lowest BCUT2D eigenvalue weighted by Gasteiger charge is -2.55. The molecule has 0 spiro atoms. The highest BCUT2D eigenvalue weighted by atomic mass is 16.5. The number of carbonyl (C=O) groups excluding carboxylic acids is 1. The van der Waals surface area contributed by atoms with E-state index in [2.05, 4.69) is 33.0 Å². The largest absolute Gasteiger partial charge is 0.353 e. The van der Waals surface area contributed by atoms with Crippen molar-refractivity contribution in [2.75, 3.05) is 0 Å². The molecule has 1 aliphatic heterocycles. The summed E-state index contributed by atoms with van der Waals surface area (Å²) in [5.74, 6) is 0.00608. The molecule has 0 aliphatic carbocycles. The average molecular weight is 269 g/mol. The molecule has 0 aromatic heterocycles. The number of hydrogen-bond acceptors (Lipinski definition) is 2. The standard InChI is InChI=1S/C15H29N2O2/c1-6-14(7-2)10-13(16-12(5)18)11-15(8-3,9-4)17(14)19/h13H,6-11H2,1-5H3,(H,16,18). The minimum absolute atomic E-state index is 0.00608. The van der Waals surface area contributed by atoms with Crippen molar-refractivity contribution in [3.05, 3.63) is 0 Å². The molecule has 1 rings (SSSR count). The van der Waals surface area contributed by atoms with Crippen molar-refractivity contribution in [3.8, 4) is 0 Å². The van der Waals surface area contributed by atoms with Crippen molar-refractivity contribution >= 4 is 5.91 Å². The summed E-state index contributed by atoms with van der Waals surface area (Å²) in [5, 5.41) is 17.4. The summed E-state index contributed by atoms with van der Waals surface area (Å²) in [6.45, 7) is 9.89. The lowest BCUT2D eigenvalue weighted by molar-refractivity contribution is -0.311. The Balaban J connectivity index is 3.10. The number of hydrogen-bond donors (Lipinski definition) is 1. The van der Waals surface area contributed by atoms with Crippen LogP contribution in [0.1, 0.15) is 73.1 Å². The number of carbonyl (C=O) groups is 1. The van der Waals surface area contributed by atoms with E-state index < -0.39 is 0 Å². The van der Waals surface area contributed by atoms with Crippen LogP contribution in [0.3, 0.4) is 0 Å².